The Balaban J connectivity index is 2.30. The molecule has 0 aliphatic rings. The lowest BCUT2D eigenvalue weighted by molar-refractivity contribution is 0.0698. The number of carbonyl (C=O) groups excluding carboxylic acids is 1. The number of rotatable bonds is 3. The lowest BCUT2D eigenvalue weighted by Crippen LogP contribution is -2.13. The zero-order valence-electron chi connectivity index (χ0n) is 9.31. The average Bonchev–Trinajstić information content (AvgIpc) is 2.75. The van der Waals surface area contributed by atoms with Gasteiger partial charge in [-0.3, -0.25) is 4.79 Å². The first-order valence-electron chi connectivity index (χ1n) is 5.07. The van der Waals surface area contributed by atoms with Crippen LogP contribution in [0.3, 0.4) is 0 Å². The van der Waals surface area contributed by atoms with Crippen molar-refractivity contribution in [1.82, 2.24) is 0 Å². The smallest absolute Gasteiger partial charge is 0.337 e. The highest BCUT2D eigenvalue weighted by molar-refractivity contribution is 9.11. The van der Waals surface area contributed by atoms with Crippen molar-refractivity contribution in [3.05, 3.63) is 49.0 Å². The number of nitrogens with one attached hydrogen (secondary N) is 1. The minimum absolute atomic E-state index is 0.0483. The maximum absolute atomic E-state index is 12.0. The van der Waals surface area contributed by atoms with Crippen LogP contribution in [0, 0.1) is 0 Å². The van der Waals surface area contributed by atoms with E-state index < -0.39 is 5.97 Å². The second-order valence-electron chi connectivity index (χ2n) is 3.55. The third kappa shape index (κ3) is 3.43. The topological polar surface area (TPSA) is 66.4 Å². The van der Waals surface area contributed by atoms with E-state index in [4.69, 9.17) is 5.11 Å². The Hall–Kier alpha value is -1.18. The van der Waals surface area contributed by atoms with Crippen LogP contribution in [0.2, 0.25) is 0 Å². The maximum atomic E-state index is 12.0. The Morgan fingerprint density at radius 2 is 1.89 bits per heavy atom. The fraction of sp³-hybridized carbons (Fsp3) is 0. The summed E-state index contributed by atoms with van der Waals surface area (Å²) < 4.78 is 1.53. The van der Waals surface area contributed by atoms with Gasteiger partial charge in [0.15, 0.2) is 0 Å². The second kappa shape index (κ2) is 5.85. The first-order valence-corrected chi connectivity index (χ1v) is 7.47. The largest absolute Gasteiger partial charge is 0.478 e. The second-order valence-corrected chi connectivity index (χ2v) is 6.93. The average molecular weight is 405 g/mol. The standard InChI is InChI=1S/C12H7Br2NO3S/c13-6-1-2-7(12(17)18)8(5-6)15-11(16)9-3-4-10(14)19-9/h1-5H,(H,15,16)(H,17,18). The summed E-state index contributed by atoms with van der Waals surface area (Å²) in [7, 11) is 0. The molecule has 1 aromatic heterocycles. The summed E-state index contributed by atoms with van der Waals surface area (Å²) >= 11 is 7.80. The predicted octanol–water partition coefficient (Wildman–Crippen LogP) is 4.22. The van der Waals surface area contributed by atoms with Crippen molar-refractivity contribution in [3.63, 3.8) is 0 Å². The van der Waals surface area contributed by atoms with Crippen molar-refractivity contribution in [2.45, 2.75) is 0 Å². The van der Waals surface area contributed by atoms with Crippen LogP contribution in [0.15, 0.2) is 38.6 Å². The summed E-state index contributed by atoms with van der Waals surface area (Å²) in [5, 5.41) is 11.7. The van der Waals surface area contributed by atoms with Gasteiger partial charge in [0.25, 0.3) is 5.91 Å². The third-order valence-corrected chi connectivity index (χ3v) is 4.37. The molecule has 7 heteroatoms. The van der Waals surface area contributed by atoms with Gasteiger partial charge in [-0.05, 0) is 46.3 Å². The lowest BCUT2D eigenvalue weighted by atomic mass is 10.2. The first kappa shape index (κ1) is 14.2. The van der Waals surface area contributed by atoms with Gasteiger partial charge in [0.2, 0.25) is 0 Å². The molecule has 4 nitrogen and oxygen atoms in total. The molecule has 1 heterocycles. The van der Waals surface area contributed by atoms with Gasteiger partial charge >= 0.3 is 5.97 Å². The normalized spacial score (nSPS) is 10.2. The summed E-state index contributed by atoms with van der Waals surface area (Å²) in [4.78, 5) is 23.6. The highest BCUT2D eigenvalue weighted by Gasteiger charge is 2.15. The molecule has 2 rings (SSSR count). The summed E-state index contributed by atoms with van der Waals surface area (Å²) in [6.45, 7) is 0. The molecule has 0 unspecified atom stereocenters. The first-order chi connectivity index (χ1) is 8.97. The van der Waals surface area contributed by atoms with Crippen molar-refractivity contribution in [1.29, 1.82) is 0 Å². The highest BCUT2D eigenvalue weighted by atomic mass is 79.9. The Bertz CT molecular complexity index is 654. The number of carboxylic acid groups (broad SMARTS) is 1. The molecule has 0 saturated heterocycles. The van der Waals surface area contributed by atoms with Crippen LogP contribution in [0.5, 0.6) is 0 Å². The number of benzene rings is 1. The molecule has 2 aromatic rings. The number of thiophene rings is 1. The summed E-state index contributed by atoms with van der Waals surface area (Å²) in [5.41, 5.74) is 0.309. The van der Waals surface area contributed by atoms with Crippen LogP contribution in [0.1, 0.15) is 20.0 Å². The van der Waals surface area contributed by atoms with E-state index in [-0.39, 0.29) is 17.2 Å². The van der Waals surface area contributed by atoms with Crippen molar-refractivity contribution in [2.24, 2.45) is 0 Å². The molecule has 0 saturated carbocycles. The predicted molar refractivity (Wildman–Crippen MR) is 81.1 cm³/mol. The number of amides is 1. The van der Waals surface area contributed by atoms with Gasteiger partial charge in [0, 0.05) is 4.47 Å². The van der Waals surface area contributed by atoms with Crippen LogP contribution in [-0.2, 0) is 0 Å². The molecule has 98 valence electrons. The Morgan fingerprint density at radius 1 is 1.16 bits per heavy atom. The molecule has 0 spiro atoms. The summed E-state index contributed by atoms with van der Waals surface area (Å²) in [5.74, 6) is -1.42. The zero-order valence-corrected chi connectivity index (χ0v) is 13.3. The van der Waals surface area contributed by atoms with E-state index in [9.17, 15) is 9.59 Å². The summed E-state index contributed by atoms with van der Waals surface area (Å²) in [6, 6.07) is 8.04. The number of aromatic carboxylic acids is 1. The van der Waals surface area contributed by atoms with E-state index in [0.29, 0.717) is 9.35 Å². The molecular weight excluding hydrogens is 398 g/mol. The van der Waals surface area contributed by atoms with Gasteiger partial charge in [0.05, 0.1) is 19.9 Å². The zero-order chi connectivity index (χ0) is 14.0. The fourth-order valence-electron chi connectivity index (χ4n) is 1.43. The van der Waals surface area contributed by atoms with Crippen molar-refractivity contribution in [2.75, 3.05) is 5.32 Å². The lowest BCUT2D eigenvalue weighted by Gasteiger charge is -2.08. The molecule has 0 fully saturated rings. The molecule has 19 heavy (non-hydrogen) atoms. The molecule has 1 aromatic carbocycles. The van der Waals surface area contributed by atoms with Gasteiger partial charge in [-0.1, -0.05) is 15.9 Å². The minimum atomic E-state index is -1.09. The Morgan fingerprint density at radius 3 is 2.47 bits per heavy atom. The number of carboxylic acids is 1. The van der Waals surface area contributed by atoms with Crippen LogP contribution in [0.25, 0.3) is 0 Å². The molecule has 0 bridgehead atoms. The van der Waals surface area contributed by atoms with E-state index in [1.165, 1.54) is 17.4 Å². The number of halogens is 2. The minimum Gasteiger partial charge on any atom is -0.478 e. The van der Waals surface area contributed by atoms with Crippen LogP contribution in [-0.4, -0.2) is 17.0 Å². The van der Waals surface area contributed by atoms with Gasteiger partial charge in [-0.15, -0.1) is 11.3 Å². The highest BCUT2D eigenvalue weighted by Crippen LogP contribution is 2.25. The van der Waals surface area contributed by atoms with Crippen molar-refractivity contribution in [3.8, 4) is 0 Å². The van der Waals surface area contributed by atoms with E-state index >= 15 is 0 Å². The van der Waals surface area contributed by atoms with Crippen molar-refractivity contribution >= 4 is 60.8 Å². The molecule has 0 aliphatic heterocycles. The number of hydrogen-bond donors (Lipinski definition) is 2. The van der Waals surface area contributed by atoms with E-state index in [2.05, 4.69) is 37.2 Å². The van der Waals surface area contributed by atoms with Crippen LogP contribution >= 0.6 is 43.2 Å². The Kier molecular flexibility index (Phi) is 4.38. The maximum Gasteiger partial charge on any atom is 0.337 e. The monoisotopic (exact) mass is 403 g/mol. The number of anilines is 1. The van der Waals surface area contributed by atoms with Crippen LogP contribution in [0.4, 0.5) is 5.69 Å². The van der Waals surface area contributed by atoms with E-state index in [0.717, 1.165) is 3.79 Å². The molecule has 0 radical (unpaired) electrons. The molecule has 0 aliphatic carbocycles. The van der Waals surface area contributed by atoms with Crippen LogP contribution < -0.4 is 5.32 Å². The molecule has 2 N–H and O–H groups in total. The summed E-state index contributed by atoms with van der Waals surface area (Å²) in [6.07, 6.45) is 0. The molecule has 0 atom stereocenters. The number of carbonyl (C=O) groups is 2. The van der Waals surface area contributed by atoms with Gasteiger partial charge in [-0.25, -0.2) is 4.79 Å². The van der Waals surface area contributed by atoms with Gasteiger partial charge in [0.1, 0.15) is 0 Å². The van der Waals surface area contributed by atoms with Gasteiger partial charge in [-0.2, -0.15) is 0 Å². The number of hydrogen-bond acceptors (Lipinski definition) is 3. The molecule has 1 amide bonds. The Labute approximate surface area is 129 Å². The quantitative estimate of drug-likeness (QED) is 0.804. The van der Waals surface area contributed by atoms with E-state index in [1.54, 1.807) is 24.3 Å². The van der Waals surface area contributed by atoms with Crippen molar-refractivity contribution < 1.29 is 14.7 Å². The van der Waals surface area contributed by atoms with Gasteiger partial charge < -0.3 is 10.4 Å². The fourth-order valence-corrected chi connectivity index (χ4v) is 3.07. The molecular formula is C12H7Br2NO3S. The van der Waals surface area contributed by atoms with E-state index in [1.807, 2.05) is 0 Å². The third-order valence-electron chi connectivity index (χ3n) is 2.26. The SMILES string of the molecule is O=C(Nc1cc(Br)ccc1C(=O)O)c1ccc(Br)s1.